The quantitative estimate of drug-likeness (QED) is 0.756. The van der Waals surface area contributed by atoms with Crippen LogP contribution in [0.15, 0.2) is 0 Å². The Morgan fingerprint density at radius 1 is 1.26 bits per heavy atom. The van der Waals surface area contributed by atoms with Crippen molar-refractivity contribution in [1.82, 2.24) is 10.2 Å². The number of likely N-dealkylation sites (tertiary alicyclic amines) is 1. The highest BCUT2D eigenvalue weighted by atomic mass is 16.4. The van der Waals surface area contributed by atoms with Gasteiger partial charge in [-0.25, -0.2) is 0 Å². The van der Waals surface area contributed by atoms with E-state index in [2.05, 4.69) is 5.32 Å². The molecule has 5 nitrogen and oxygen atoms in total. The number of carboxylic acids is 1. The predicted octanol–water partition coefficient (Wildman–Crippen LogP) is 1.09. The topological polar surface area (TPSA) is 69.6 Å². The van der Waals surface area contributed by atoms with Crippen LogP contribution in [0.2, 0.25) is 0 Å². The third-order valence-electron chi connectivity index (χ3n) is 4.05. The standard InChI is InChI=1S/C14H24N2O3/c1-2-13(17)16-8-11(6-14(18)19)5-12(9-16)15-7-10-3-4-10/h10-12,15H,2-9H2,1H3,(H,18,19). The fourth-order valence-corrected chi connectivity index (χ4v) is 2.83. The fraction of sp³-hybridized carbons (Fsp3) is 0.857. The predicted molar refractivity (Wildman–Crippen MR) is 71.7 cm³/mol. The fourth-order valence-electron chi connectivity index (χ4n) is 2.83. The molecular weight excluding hydrogens is 244 g/mol. The van der Waals surface area contributed by atoms with E-state index in [0.717, 1.165) is 25.4 Å². The van der Waals surface area contributed by atoms with Crippen LogP contribution >= 0.6 is 0 Å². The third-order valence-corrected chi connectivity index (χ3v) is 4.05. The molecular formula is C14H24N2O3. The van der Waals surface area contributed by atoms with Gasteiger partial charge in [0.05, 0.1) is 0 Å². The minimum Gasteiger partial charge on any atom is -0.481 e. The van der Waals surface area contributed by atoms with Gasteiger partial charge in [0.25, 0.3) is 0 Å². The molecule has 0 radical (unpaired) electrons. The summed E-state index contributed by atoms with van der Waals surface area (Å²) in [5, 5.41) is 12.4. The van der Waals surface area contributed by atoms with Crippen LogP contribution in [0.3, 0.4) is 0 Å². The molecule has 2 atom stereocenters. The molecule has 2 aliphatic rings. The molecule has 1 aliphatic heterocycles. The first-order valence-corrected chi connectivity index (χ1v) is 7.31. The van der Waals surface area contributed by atoms with E-state index in [0.29, 0.717) is 13.0 Å². The Morgan fingerprint density at radius 3 is 2.58 bits per heavy atom. The zero-order chi connectivity index (χ0) is 13.8. The molecule has 0 bridgehead atoms. The maximum Gasteiger partial charge on any atom is 0.303 e. The molecule has 1 aliphatic carbocycles. The van der Waals surface area contributed by atoms with E-state index in [1.54, 1.807) is 0 Å². The number of carbonyl (C=O) groups is 2. The molecule has 5 heteroatoms. The van der Waals surface area contributed by atoms with E-state index in [-0.39, 0.29) is 24.3 Å². The molecule has 19 heavy (non-hydrogen) atoms. The lowest BCUT2D eigenvalue weighted by Gasteiger charge is -2.38. The average molecular weight is 268 g/mol. The normalized spacial score (nSPS) is 27.3. The van der Waals surface area contributed by atoms with Crippen LogP contribution in [0.25, 0.3) is 0 Å². The van der Waals surface area contributed by atoms with Crippen molar-refractivity contribution in [1.29, 1.82) is 0 Å². The Labute approximate surface area is 114 Å². The van der Waals surface area contributed by atoms with E-state index in [4.69, 9.17) is 5.11 Å². The number of aliphatic carboxylic acids is 1. The molecule has 2 unspecified atom stereocenters. The summed E-state index contributed by atoms with van der Waals surface area (Å²) in [4.78, 5) is 24.6. The average Bonchev–Trinajstić information content (AvgIpc) is 3.18. The van der Waals surface area contributed by atoms with Gasteiger partial charge < -0.3 is 15.3 Å². The minimum atomic E-state index is -0.767. The zero-order valence-electron chi connectivity index (χ0n) is 11.6. The molecule has 1 saturated carbocycles. The lowest BCUT2D eigenvalue weighted by molar-refractivity contribution is -0.141. The second-order valence-electron chi connectivity index (χ2n) is 5.90. The molecule has 0 aromatic carbocycles. The first-order chi connectivity index (χ1) is 9.08. The van der Waals surface area contributed by atoms with Gasteiger partial charge in [-0.2, -0.15) is 0 Å². The Morgan fingerprint density at radius 2 is 2.00 bits per heavy atom. The van der Waals surface area contributed by atoms with E-state index >= 15 is 0 Å². The van der Waals surface area contributed by atoms with Gasteiger partial charge in [0.2, 0.25) is 5.91 Å². The first kappa shape index (κ1) is 14.3. The number of nitrogens with zero attached hydrogens (tertiary/aromatic N) is 1. The largest absolute Gasteiger partial charge is 0.481 e. The highest BCUT2D eigenvalue weighted by Crippen LogP contribution is 2.28. The smallest absolute Gasteiger partial charge is 0.303 e. The van der Waals surface area contributed by atoms with Gasteiger partial charge in [-0.1, -0.05) is 6.92 Å². The van der Waals surface area contributed by atoms with Gasteiger partial charge in [0.1, 0.15) is 0 Å². The molecule has 108 valence electrons. The molecule has 2 rings (SSSR count). The lowest BCUT2D eigenvalue weighted by atomic mass is 9.91. The summed E-state index contributed by atoms with van der Waals surface area (Å²) >= 11 is 0. The van der Waals surface area contributed by atoms with E-state index in [9.17, 15) is 9.59 Å². The summed E-state index contributed by atoms with van der Waals surface area (Å²) < 4.78 is 0. The molecule has 0 aromatic rings. The van der Waals surface area contributed by atoms with Crippen LogP contribution in [0.4, 0.5) is 0 Å². The first-order valence-electron chi connectivity index (χ1n) is 7.31. The lowest BCUT2D eigenvalue weighted by Crippen LogP contribution is -2.51. The number of carbonyl (C=O) groups excluding carboxylic acids is 1. The third kappa shape index (κ3) is 4.49. The molecule has 1 saturated heterocycles. The van der Waals surface area contributed by atoms with Crippen LogP contribution in [0.5, 0.6) is 0 Å². The van der Waals surface area contributed by atoms with Gasteiger partial charge in [0.15, 0.2) is 0 Å². The second-order valence-corrected chi connectivity index (χ2v) is 5.90. The van der Waals surface area contributed by atoms with Crippen molar-refractivity contribution in [3.8, 4) is 0 Å². The number of rotatable bonds is 6. The summed E-state index contributed by atoms with van der Waals surface area (Å²) in [5.74, 6) is 0.249. The summed E-state index contributed by atoms with van der Waals surface area (Å²) in [6, 6.07) is 0.259. The van der Waals surface area contributed by atoms with Crippen molar-refractivity contribution in [2.75, 3.05) is 19.6 Å². The maximum absolute atomic E-state index is 11.8. The number of piperidine rings is 1. The van der Waals surface area contributed by atoms with Crippen LogP contribution in [-0.2, 0) is 9.59 Å². The molecule has 1 heterocycles. The number of nitrogens with one attached hydrogen (secondary N) is 1. The molecule has 0 aromatic heterocycles. The number of hydrogen-bond donors (Lipinski definition) is 2. The van der Waals surface area contributed by atoms with Crippen molar-refractivity contribution in [2.45, 2.75) is 45.1 Å². The minimum absolute atomic E-state index is 0.0819. The van der Waals surface area contributed by atoms with E-state index in [1.807, 2.05) is 11.8 Å². The summed E-state index contributed by atoms with van der Waals surface area (Å²) in [5.41, 5.74) is 0. The van der Waals surface area contributed by atoms with Crippen LogP contribution in [-0.4, -0.2) is 47.6 Å². The van der Waals surface area contributed by atoms with Gasteiger partial charge in [-0.05, 0) is 37.6 Å². The summed E-state index contributed by atoms with van der Waals surface area (Å²) in [6.45, 7) is 4.20. The highest BCUT2D eigenvalue weighted by Gasteiger charge is 2.31. The van der Waals surface area contributed by atoms with Crippen molar-refractivity contribution in [2.24, 2.45) is 11.8 Å². The number of amides is 1. The summed E-state index contributed by atoms with van der Waals surface area (Å²) in [6.07, 6.45) is 4.13. The Balaban J connectivity index is 1.89. The van der Waals surface area contributed by atoms with Gasteiger partial charge in [-0.15, -0.1) is 0 Å². The summed E-state index contributed by atoms with van der Waals surface area (Å²) in [7, 11) is 0. The van der Waals surface area contributed by atoms with Gasteiger partial charge in [-0.3, -0.25) is 9.59 Å². The zero-order valence-corrected chi connectivity index (χ0v) is 11.6. The van der Waals surface area contributed by atoms with E-state index in [1.165, 1.54) is 12.8 Å². The maximum atomic E-state index is 11.8. The van der Waals surface area contributed by atoms with Crippen molar-refractivity contribution < 1.29 is 14.7 Å². The SMILES string of the molecule is CCC(=O)N1CC(CC(=O)O)CC(NCC2CC2)C1. The Bertz CT molecular complexity index is 342. The van der Waals surface area contributed by atoms with Crippen molar-refractivity contribution in [3.63, 3.8) is 0 Å². The van der Waals surface area contributed by atoms with Crippen LogP contribution in [0.1, 0.15) is 39.0 Å². The van der Waals surface area contributed by atoms with Gasteiger partial charge in [0, 0.05) is 32.0 Å². The van der Waals surface area contributed by atoms with Crippen LogP contribution < -0.4 is 5.32 Å². The molecule has 0 spiro atoms. The Hall–Kier alpha value is -1.10. The second kappa shape index (κ2) is 6.37. The van der Waals surface area contributed by atoms with Crippen molar-refractivity contribution >= 4 is 11.9 Å². The number of carboxylic acid groups (broad SMARTS) is 1. The monoisotopic (exact) mass is 268 g/mol. The number of hydrogen-bond acceptors (Lipinski definition) is 3. The van der Waals surface area contributed by atoms with Crippen molar-refractivity contribution in [3.05, 3.63) is 0 Å². The Kier molecular flexibility index (Phi) is 4.80. The van der Waals surface area contributed by atoms with Crippen LogP contribution in [0, 0.1) is 11.8 Å². The van der Waals surface area contributed by atoms with E-state index < -0.39 is 5.97 Å². The molecule has 2 fully saturated rings. The van der Waals surface area contributed by atoms with Gasteiger partial charge >= 0.3 is 5.97 Å². The molecule has 2 N–H and O–H groups in total. The molecule has 1 amide bonds. The highest BCUT2D eigenvalue weighted by molar-refractivity contribution is 5.76.